The third-order valence-electron chi connectivity index (χ3n) is 7.33. The van der Waals surface area contributed by atoms with E-state index in [0.717, 1.165) is 71.2 Å². The highest BCUT2D eigenvalue weighted by Crippen LogP contribution is 2.48. The molecule has 33 heavy (non-hydrogen) atoms. The van der Waals surface area contributed by atoms with Crippen molar-refractivity contribution in [3.05, 3.63) is 80.6 Å². The predicted octanol–water partition coefficient (Wildman–Crippen LogP) is 7.41. The van der Waals surface area contributed by atoms with Gasteiger partial charge in [-0.1, -0.05) is 98.4 Å². The summed E-state index contributed by atoms with van der Waals surface area (Å²) in [7, 11) is 0. The number of halogens is 1. The number of thioether (sulfide) groups is 1. The second-order valence-corrected chi connectivity index (χ2v) is 10.8. The van der Waals surface area contributed by atoms with E-state index in [4.69, 9.17) is 16.6 Å². The third-order valence-corrected chi connectivity index (χ3v) is 8.72. The van der Waals surface area contributed by atoms with Gasteiger partial charge in [-0.3, -0.25) is 9.36 Å². The van der Waals surface area contributed by atoms with Crippen molar-refractivity contribution in [2.75, 3.05) is 0 Å². The van der Waals surface area contributed by atoms with Crippen LogP contribution >= 0.6 is 23.4 Å². The first-order valence-corrected chi connectivity index (χ1v) is 13.6. The number of hydrogen-bond donors (Lipinski definition) is 0. The molecule has 172 valence electrons. The topological polar surface area (TPSA) is 34.9 Å². The summed E-state index contributed by atoms with van der Waals surface area (Å²) in [6.07, 6.45) is 8.82. The molecule has 1 spiro atoms. The molecule has 0 bridgehead atoms. The number of unbranched alkanes of at least 4 members (excludes halogenated alkanes) is 1. The van der Waals surface area contributed by atoms with Gasteiger partial charge in [-0.25, -0.2) is 4.98 Å². The number of aromatic nitrogens is 2. The third kappa shape index (κ3) is 4.28. The predicted molar refractivity (Wildman–Crippen MR) is 138 cm³/mol. The first-order chi connectivity index (χ1) is 16.1. The Morgan fingerprint density at radius 3 is 2.61 bits per heavy atom. The summed E-state index contributed by atoms with van der Waals surface area (Å²) in [6, 6.07) is 16.5. The van der Waals surface area contributed by atoms with Crippen molar-refractivity contribution >= 4 is 23.4 Å². The summed E-state index contributed by atoms with van der Waals surface area (Å²) < 4.78 is 1.97. The Bertz CT molecular complexity index is 1210. The van der Waals surface area contributed by atoms with E-state index in [9.17, 15) is 4.79 Å². The van der Waals surface area contributed by atoms with E-state index in [1.54, 1.807) is 11.8 Å². The number of fused-ring (bicyclic) bond motifs is 4. The van der Waals surface area contributed by atoms with E-state index in [0.29, 0.717) is 5.75 Å². The van der Waals surface area contributed by atoms with E-state index in [2.05, 4.69) is 37.3 Å². The molecule has 1 aromatic heterocycles. The Morgan fingerprint density at radius 1 is 1.06 bits per heavy atom. The molecule has 1 fully saturated rings. The summed E-state index contributed by atoms with van der Waals surface area (Å²) in [5.41, 5.74) is 5.59. The average Bonchev–Trinajstić information content (AvgIpc) is 2.83. The normalized spacial score (nSPS) is 16.4. The van der Waals surface area contributed by atoms with Crippen LogP contribution < -0.4 is 5.56 Å². The molecule has 2 aliphatic carbocycles. The molecule has 0 radical (unpaired) electrons. The number of rotatable bonds is 6. The van der Waals surface area contributed by atoms with Gasteiger partial charge in [0.15, 0.2) is 5.16 Å². The first-order valence-electron chi connectivity index (χ1n) is 12.2. The van der Waals surface area contributed by atoms with E-state index in [-0.39, 0.29) is 11.0 Å². The van der Waals surface area contributed by atoms with Crippen LogP contribution in [0.25, 0.3) is 11.3 Å². The van der Waals surface area contributed by atoms with Gasteiger partial charge < -0.3 is 0 Å². The molecular weight excluding hydrogens is 448 g/mol. The van der Waals surface area contributed by atoms with E-state index < -0.39 is 0 Å². The molecule has 0 aliphatic heterocycles. The van der Waals surface area contributed by atoms with Gasteiger partial charge in [-0.05, 0) is 42.9 Å². The quantitative estimate of drug-likeness (QED) is 0.273. The van der Waals surface area contributed by atoms with Crippen LogP contribution in [0.3, 0.4) is 0 Å². The van der Waals surface area contributed by atoms with Crippen LogP contribution in [0.15, 0.2) is 58.5 Å². The molecule has 1 saturated carbocycles. The minimum Gasteiger partial charge on any atom is -0.287 e. The SMILES string of the molecule is CCCCn1c(SCc2ccccc2Cl)nc2c(c1=O)C1(CCCCC1)Cc1ccccc1-2. The van der Waals surface area contributed by atoms with Crippen molar-refractivity contribution in [3.63, 3.8) is 0 Å². The van der Waals surface area contributed by atoms with Gasteiger partial charge in [-0.2, -0.15) is 0 Å². The van der Waals surface area contributed by atoms with Crippen LogP contribution in [-0.2, 0) is 24.1 Å². The number of nitrogens with zero attached hydrogens (tertiary/aromatic N) is 2. The van der Waals surface area contributed by atoms with Crippen LogP contribution in [0.5, 0.6) is 0 Å². The molecule has 2 aromatic carbocycles. The molecule has 2 aliphatic rings. The van der Waals surface area contributed by atoms with Gasteiger partial charge >= 0.3 is 0 Å². The van der Waals surface area contributed by atoms with Crippen molar-refractivity contribution in [2.45, 2.75) is 81.2 Å². The van der Waals surface area contributed by atoms with Crippen LogP contribution in [0.1, 0.15) is 68.6 Å². The van der Waals surface area contributed by atoms with Crippen molar-refractivity contribution in [1.82, 2.24) is 9.55 Å². The highest BCUT2D eigenvalue weighted by molar-refractivity contribution is 7.98. The molecule has 5 heteroatoms. The van der Waals surface area contributed by atoms with Gasteiger partial charge in [0.25, 0.3) is 5.56 Å². The average molecular weight is 479 g/mol. The van der Waals surface area contributed by atoms with Crippen LogP contribution in [0, 0.1) is 0 Å². The fourth-order valence-corrected chi connectivity index (χ4v) is 6.91. The highest BCUT2D eigenvalue weighted by Gasteiger charge is 2.43. The minimum atomic E-state index is -0.0636. The molecule has 1 heterocycles. The fraction of sp³-hybridized carbons (Fsp3) is 0.429. The molecule has 0 saturated heterocycles. The summed E-state index contributed by atoms with van der Waals surface area (Å²) in [6.45, 7) is 2.89. The molecule has 0 amide bonds. The lowest BCUT2D eigenvalue weighted by Gasteiger charge is -2.42. The Kier molecular flexibility index (Phi) is 6.67. The highest BCUT2D eigenvalue weighted by atomic mass is 35.5. The standard InChI is InChI=1S/C28H31ClN2OS/c1-2-3-17-31-26(32)24-25(30-27(31)33-19-21-12-6-8-14-23(21)29)22-13-7-5-11-20(22)18-28(24)15-9-4-10-16-28/h5-8,11-14H,2-4,9-10,15-19H2,1H3. The minimum absolute atomic E-state index is 0.0636. The van der Waals surface area contributed by atoms with Gasteiger partial charge in [0.1, 0.15) is 0 Å². The maximum Gasteiger partial charge on any atom is 0.258 e. The van der Waals surface area contributed by atoms with Crippen LogP contribution in [-0.4, -0.2) is 9.55 Å². The van der Waals surface area contributed by atoms with Gasteiger partial charge in [0, 0.05) is 28.3 Å². The van der Waals surface area contributed by atoms with E-state index in [1.165, 1.54) is 24.8 Å². The fourth-order valence-electron chi connectivity index (χ4n) is 5.60. The van der Waals surface area contributed by atoms with Crippen molar-refractivity contribution in [1.29, 1.82) is 0 Å². The van der Waals surface area contributed by atoms with E-state index in [1.807, 2.05) is 22.8 Å². The first kappa shape index (κ1) is 22.7. The molecule has 0 unspecified atom stereocenters. The largest absolute Gasteiger partial charge is 0.287 e. The van der Waals surface area contributed by atoms with Crippen LogP contribution in [0.2, 0.25) is 5.02 Å². The monoisotopic (exact) mass is 478 g/mol. The van der Waals surface area contributed by atoms with Crippen molar-refractivity contribution in [2.24, 2.45) is 0 Å². The lowest BCUT2D eigenvalue weighted by atomic mass is 9.62. The molecule has 3 nitrogen and oxygen atoms in total. The van der Waals surface area contributed by atoms with Crippen LogP contribution in [0.4, 0.5) is 0 Å². The van der Waals surface area contributed by atoms with E-state index >= 15 is 0 Å². The summed E-state index contributed by atoms with van der Waals surface area (Å²) in [5, 5.41) is 1.58. The van der Waals surface area contributed by atoms with Crippen molar-refractivity contribution < 1.29 is 0 Å². The molecule has 5 rings (SSSR count). The lowest BCUT2D eigenvalue weighted by molar-refractivity contribution is 0.281. The zero-order valence-corrected chi connectivity index (χ0v) is 20.9. The summed E-state index contributed by atoms with van der Waals surface area (Å²) >= 11 is 8.05. The maximum absolute atomic E-state index is 14.2. The zero-order valence-electron chi connectivity index (χ0n) is 19.3. The molecule has 0 atom stereocenters. The number of benzene rings is 2. The zero-order chi connectivity index (χ0) is 22.8. The Morgan fingerprint density at radius 2 is 1.82 bits per heavy atom. The Labute approximate surface area is 205 Å². The molecular formula is C28H31ClN2OS. The van der Waals surface area contributed by atoms with Gasteiger partial charge in [-0.15, -0.1) is 0 Å². The smallest absolute Gasteiger partial charge is 0.258 e. The lowest BCUT2D eigenvalue weighted by Crippen LogP contribution is -2.43. The Hall–Kier alpha value is -2.04. The maximum atomic E-state index is 14.2. The van der Waals surface area contributed by atoms with Gasteiger partial charge in [0.2, 0.25) is 0 Å². The molecule has 3 aromatic rings. The second kappa shape index (κ2) is 9.68. The van der Waals surface area contributed by atoms with Gasteiger partial charge in [0.05, 0.1) is 11.3 Å². The van der Waals surface area contributed by atoms with Crippen molar-refractivity contribution in [3.8, 4) is 11.3 Å². The number of hydrogen-bond acceptors (Lipinski definition) is 3. The Balaban J connectivity index is 1.66. The summed E-state index contributed by atoms with van der Waals surface area (Å²) in [5.74, 6) is 0.698. The summed E-state index contributed by atoms with van der Waals surface area (Å²) in [4.78, 5) is 19.4. The second-order valence-electron chi connectivity index (χ2n) is 9.48. The molecule has 0 N–H and O–H groups in total.